The number of nitrogens with zero attached hydrogens (tertiary/aromatic N) is 1. The standard InChI is InChI=1S/C19H20N2O5/c1-12(19(23)24)13-3-2-4-15(9-13)21-18(22)14-5-7-20-17(10-14)26-16-6-8-25-11-16/h2-5,7,9-10,12,16H,6,8,11H2,1H3,(H,21,22)(H,23,24). The van der Waals surface area contributed by atoms with Gasteiger partial charge in [0.2, 0.25) is 5.88 Å². The number of aromatic nitrogens is 1. The van der Waals surface area contributed by atoms with Crippen LogP contribution in [0.5, 0.6) is 5.88 Å². The van der Waals surface area contributed by atoms with E-state index in [2.05, 4.69) is 10.3 Å². The maximum Gasteiger partial charge on any atom is 0.310 e. The summed E-state index contributed by atoms with van der Waals surface area (Å²) < 4.78 is 11.0. The Morgan fingerprint density at radius 1 is 1.35 bits per heavy atom. The Morgan fingerprint density at radius 2 is 2.19 bits per heavy atom. The van der Waals surface area contributed by atoms with Crippen molar-refractivity contribution in [3.05, 3.63) is 53.7 Å². The minimum Gasteiger partial charge on any atom is -0.481 e. The molecule has 26 heavy (non-hydrogen) atoms. The van der Waals surface area contributed by atoms with Crippen LogP contribution in [-0.2, 0) is 9.53 Å². The summed E-state index contributed by atoms with van der Waals surface area (Å²) in [5, 5.41) is 11.9. The summed E-state index contributed by atoms with van der Waals surface area (Å²) in [6.45, 7) is 2.78. The molecule has 0 spiro atoms. The zero-order valence-electron chi connectivity index (χ0n) is 14.3. The van der Waals surface area contributed by atoms with Crippen LogP contribution in [0.15, 0.2) is 42.6 Å². The number of rotatable bonds is 6. The van der Waals surface area contributed by atoms with Crippen LogP contribution >= 0.6 is 0 Å². The number of aliphatic carboxylic acids is 1. The molecule has 2 N–H and O–H groups in total. The van der Waals surface area contributed by atoms with Crippen molar-refractivity contribution in [3.63, 3.8) is 0 Å². The summed E-state index contributed by atoms with van der Waals surface area (Å²) in [4.78, 5) is 27.7. The fraction of sp³-hybridized carbons (Fsp3) is 0.316. The van der Waals surface area contributed by atoms with E-state index < -0.39 is 11.9 Å². The monoisotopic (exact) mass is 356 g/mol. The van der Waals surface area contributed by atoms with Crippen molar-refractivity contribution in [1.82, 2.24) is 4.98 Å². The third-order valence-electron chi connectivity index (χ3n) is 4.19. The van der Waals surface area contributed by atoms with Gasteiger partial charge in [-0.05, 0) is 30.7 Å². The molecule has 2 heterocycles. The van der Waals surface area contributed by atoms with E-state index in [1.54, 1.807) is 43.3 Å². The number of carbonyl (C=O) groups excluding carboxylic acids is 1. The third kappa shape index (κ3) is 4.37. The predicted molar refractivity (Wildman–Crippen MR) is 94.5 cm³/mol. The van der Waals surface area contributed by atoms with Crippen molar-refractivity contribution in [2.75, 3.05) is 18.5 Å². The number of benzene rings is 1. The maximum absolute atomic E-state index is 12.5. The number of carboxylic acids is 1. The fourth-order valence-corrected chi connectivity index (χ4v) is 2.62. The molecular weight excluding hydrogens is 336 g/mol. The van der Waals surface area contributed by atoms with Gasteiger partial charge in [-0.2, -0.15) is 0 Å². The van der Waals surface area contributed by atoms with Gasteiger partial charge in [0.25, 0.3) is 5.91 Å². The summed E-state index contributed by atoms with van der Waals surface area (Å²) in [6.07, 6.45) is 2.27. The van der Waals surface area contributed by atoms with Crippen LogP contribution in [0, 0.1) is 0 Å². The van der Waals surface area contributed by atoms with Crippen LogP contribution in [-0.4, -0.2) is 41.3 Å². The van der Waals surface area contributed by atoms with Gasteiger partial charge < -0.3 is 19.9 Å². The van der Waals surface area contributed by atoms with E-state index in [0.717, 1.165) is 6.42 Å². The number of carboxylic acid groups (broad SMARTS) is 1. The van der Waals surface area contributed by atoms with Crippen LogP contribution in [0.2, 0.25) is 0 Å². The highest BCUT2D eigenvalue weighted by Gasteiger charge is 2.19. The van der Waals surface area contributed by atoms with Crippen molar-refractivity contribution in [1.29, 1.82) is 0 Å². The molecule has 1 saturated heterocycles. The Balaban J connectivity index is 1.70. The number of pyridine rings is 1. The lowest BCUT2D eigenvalue weighted by Crippen LogP contribution is -2.17. The molecule has 1 fully saturated rings. The second-order valence-corrected chi connectivity index (χ2v) is 6.13. The fourth-order valence-electron chi connectivity index (χ4n) is 2.62. The summed E-state index contributed by atoms with van der Waals surface area (Å²) >= 11 is 0. The number of hydrogen-bond donors (Lipinski definition) is 2. The molecule has 3 rings (SSSR count). The van der Waals surface area contributed by atoms with E-state index in [1.165, 1.54) is 6.20 Å². The zero-order valence-corrected chi connectivity index (χ0v) is 14.3. The summed E-state index contributed by atoms with van der Waals surface area (Å²) in [7, 11) is 0. The van der Waals surface area contributed by atoms with Crippen LogP contribution in [0.3, 0.4) is 0 Å². The first-order valence-electron chi connectivity index (χ1n) is 8.37. The van der Waals surface area contributed by atoms with Gasteiger partial charge >= 0.3 is 5.97 Å². The largest absolute Gasteiger partial charge is 0.481 e. The molecule has 136 valence electrons. The Morgan fingerprint density at radius 3 is 2.92 bits per heavy atom. The van der Waals surface area contributed by atoms with Gasteiger partial charge in [-0.1, -0.05) is 12.1 Å². The molecule has 2 unspecified atom stereocenters. The molecular formula is C19H20N2O5. The first-order valence-corrected chi connectivity index (χ1v) is 8.37. The van der Waals surface area contributed by atoms with Crippen molar-refractivity contribution in [3.8, 4) is 5.88 Å². The maximum atomic E-state index is 12.5. The molecule has 7 heteroatoms. The quantitative estimate of drug-likeness (QED) is 0.826. The van der Waals surface area contributed by atoms with Gasteiger partial charge in [0.1, 0.15) is 6.10 Å². The number of amides is 1. The average molecular weight is 356 g/mol. The van der Waals surface area contributed by atoms with Crippen molar-refractivity contribution in [2.45, 2.75) is 25.4 Å². The Kier molecular flexibility index (Phi) is 5.48. The van der Waals surface area contributed by atoms with Crippen molar-refractivity contribution in [2.24, 2.45) is 0 Å². The molecule has 0 aliphatic carbocycles. The normalized spacial score (nSPS) is 17.5. The number of carbonyl (C=O) groups is 2. The van der Waals surface area contributed by atoms with E-state index in [1.807, 2.05) is 0 Å². The summed E-state index contributed by atoms with van der Waals surface area (Å²) in [5.74, 6) is -1.51. The summed E-state index contributed by atoms with van der Waals surface area (Å²) in [6, 6.07) is 9.98. The highest BCUT2D eigenvalue weighted by atomic mass is 16.5. The number of ether oxygens (including phenoxy) is 2. The summed E-state index contributed by atoms with van der Waals surface area (Å²) in [5.41, 5.74) is 1.56. The van der Waals surface area contributed by atoms with Gasteiger partial charge in [-0.15, -0.1) is 0 Å². The molecule has 2 atom stereocenters. The van der Waals surface area contributed by atoms with Gasteiger partial charge in [-0.3, -0.25) is 9.59 Å². The number of anilines is 1. The smallest absolute Gasteiger partial charge is 0.310 e. The van der Waals surface area contributed by atoms with Gasteiger partial charge in [0.15, 0.2) is 0 Å². The van der Waals surface area contributed by atoms with Gasteiger partial charge in [0, 0.05) is 29.9 Å². The molecule has 1 aliphatic heterocycles. The minimum absolute atomic E-state index is 0.0463. The van der Waals surface area contributed by atoms with E-state index in [9.17, 15) is 9.59 Å². The number of hydrogen-bond acceptors (Lipinski definition) is 5. The topological polar surface area (TPSA) is 97.8 Å². The highest BCUT2D eigenvalue weighted by molar-refractivity contribution is 6.04. The SMILES string of the molecule is CC(C(=O)O)c1cccc(NC(=O)c2ccnc(OC3CCOC3)c2)c1. The lowest BCUT2D eigenvalue weighted by molar-refractivity contribution is -0.138. The molecule has 7 nitrogen and oxygen atoms in total. The highest BCUT2D eigenvalue weighted by Crippen LogP contribution is 2.21. The second kappa shape index (κ2) is 7.97. The molecule has 2 aromatic rings. The van der Waals surface area contributed by atoms with Crippen molar-refractivity contribution >= 4 is 17.6 Å². The van der Waals surface area contributed by atoms with Crippen LogP contribution in [0.4, 0.5) is 5.69 Å². The molecule has 0 bridgehead atoms. The minimum atomic E-state index is -0.916. The lowest BCUT2D eigenvalue weighted by atomic mass is 10.0. The molecule has 1 amide bonds. The van der Waals surface area contributed by atoms with Crippen molar-refractivity contribution < 1.29 is 24.2 Å². The zero-order chi connectivity index (χ0) is 18.5. The Hall–Kier alpha value is -2.93. The Labute approximate surface area is 151 Å². The first-order chi connectivity index (χ1) is 12.5. The van der Waals surface area contributed by atoms with E-state index in [-0.39, 0.29) is 12.0 Å². The van der Waals surface area contributed by atoms with Crippen LogP contribution < -0.4 is 10.1 Å². The molecule has 0 radical (unpaired) electrons. The molecule has 1 aromatic heterocycles. The predicted octanol–water partition coefficient (Wildman–Crippen LogP) is 2.69. The lowest BCUT2D eigenvalue weighted by Gasteiger charge is -2.12. The van der Waals surface area contributed by atoms with Gasteiger partial charge in [0.05, 0.1) is 19.1 Å². The Bertz CT molecular complexity index is 802. The first kappa shape index (κ1) is 17.9. The second-order valence-electron chi connectivity index (χ2n) is 6.13. The molecule has 0 saturated carbocycles. The van der Waals surface area contributed by atoms with E-state index in [0.29, 0.717) is 35.9 Å². The molecule has 1 aliphatic rings. The number of nitrogens with one attached hydrogen (secondary N) is 1. The van der Waals surface area contributed by atoms with Gasteiger partial charge in [-0.25, -0.2) is 4.98 Å². The van der Waals surface area contributed by atoms with E-state index >= 15 is 0 Å². The average Bonchev–Trinajstić information content (AvgIpc) is 3.14. The van der Waals surface area contributed by atoms with E-state index in [4.69, 9.17) is 14.6 Å². The molecule has 1 aromatic carbocycles. The van der Waals surface area contributed by atoms with Crippen LogP contribution in [0.1, 0.15) is 35.2 Å². The van der Waals surface area contributed by atoms with Crippen LogP contribution in [0.25, 0.3) is 0 Å². The third-order valence-corrected chi connectivity index (χ3v) is 4.19.